The summed E-state index contributed by atoms with van der Waals surface area (Å²) in [6.45, 7) is 2.26. The Morgan fingerprint density at radius 1 is 1.00 bits per heavy atom. The molecule has 7 heteroatoms. The summed E-state index contributed by atoms with van der Waals surface area (Å²) < 4.78 is 33.6. The van der Waals surface area contributed by atoms with Gasteiger partial charge in [0.05, 0.1) is 18.0 Å². The van der Waals surface area contributed by atoms with Crippen molar-refractivity contribution in [2.75, 3.05) is 10.8 Å². The number of aryl methyl sites for hydroxylation is 1. The predicted octanol–water partition coefficient (Wildman–Crippen LogP) is 3.41. The van der Waals surface area contributed by atoms with E-state index in [1.807, 2.05) is 37.3 Å². The quantitative estimate of drug-likeness (QED) is 0.643. The van der Waals surface area contributed by atoms with Crippen LogP contribution in [0.4, 0.5) is 5.69 Å². The van der Waals surface area contributed by atoms with Crippen molar-refractivity contribution >= 4 is 21.6 Å². The minimum atomic E-state index is -3.72. The molecule has 1 N–H and O–H groups in total. The maximum absolute atomic E-state index is 13.2. The third-order valence-corrected chi connectivity index (χ3v) is 6.82. The number of nitrogens with zero attached hydrogens (tertiary/aromatic N) is 1. The summed E-state index contributed by atoms with van der Waals surface area (Å²) in [5, 5.41) is 2.86. The van der Waals surface area contributed by atoms with Crippen LogP contribution in [-0.4, -0.2) is 27.0 Å². The number of fused-ring (bicyclic) bond motifs is 1. The van der Waals surface area contributed by atoms with Gasteiger partial charge in [0.1, 0.15) is 5.75 Å². The van der Waals surface area contributed by atoms with Crippen LogP contribution in [0.25, 0.3) is 0 Å². The summed E-state index contributed by atoms with van der Waals surface area (Å²) in [5.74, 6) is -0.128. The second-order valence-electron chi connectivity index (χ2n) is 7.55. The minimum Gasteiger partial charge on any atom is -0.476 e. The molecule has 1 atom stereocenters. The fraction of sp³-hybridized carbons (Fsp3) is 0.208. The number of sulfonamides is 1. The molecule has 0 radical (unpaired) electrons. The van der Waals surface area contributed by atoms with Crippen molar-refractivity contribution in [3.8, 4) is 5.75 Å². The number of nitrogens with one attached hydrogen (secondary N) is 1. The van der Waals surface area contributed by atoms with E-state index in [9.17, 15) is 13.2 Å². The molecule has 3 aromatic carbocycles. The molecule has 6 nitrogen and oxygen atoms in total. The zero-order valence-corrected chi connectivity index (χ0v) is 18.0. The molecule has 1 heterocycles. The number of amides is 1. The van der Waals surface area contributed by atoms with Crippen molar-refractivity contribution < 1.29 is 17.9 Å². The van der Waals surface area contributed by atoms with Crippen LogP contribution in [0.1, 0.15) is 16.7 Å². The number of carbonyl (C=O) groups is 1. The summed E-state index contributed by atoms with van der Waals surface area (Å²) in [6, 6.07) is 23.7. The molecular formula is C24H24N2O4S. The summed E-state index contributed by atoms with van der Waals surface area (Å²) >= 11 is 0. The van der Waals surface area contributed by atoms with E-state index in [2.05, 4.69) is 5.32 Å². The van der Waals surface area contributed by atoms with Gasteiger partial charge in [-0.15, -0.1) is 0 Å². The van der Waals surface area contributed by atoms with Crippen LogP contribution in [0.15, 0.2) is 78.9 Å². The molecule has 0 aromatic heterocycles. The number of anilines is 1. The Morgan fingerprint density at radius 2 is 1.71 bits per heavy atom. The van der Waals surface area contributed by atoms with Crippen LogP contribution >= 0.6 is 0 Å². The van der Waals surface area contributed by atoms with E-state index >= 15 is 0 Å². The topological polar surface area (TPSA) is 75.7 Å². The van der Waals surface area contributed by atoms with E-state index in [-0.39, 0.29) is 18.2 Å². The van der Waals surface area contributed by atoms with E-state index < -0.39 is 16.1 Å². The van der Waals surface area contributed by atoms with Gasteiger partial charge in [-0.1, -0.05) is 72.3 Å². The molecule has 0 aliphatic carbocycles. The minimum absolute atomic E-state index is 0.0775. The van der Waals surface area contributed by atoms with Crippen molar-refractivity contribution in [1.82, 2.24) is 5.32 Å². The number of hydrogen-bond donors (Lipinski definition) is 1. The highest BCUT2D eigenvalue weighted by Crippen LogP contribution is 2.35. The molecule has 0 bridgehead atoms. The Labute approximate surface area is 182 Å². The predicted molar refractivity (Wildman–Crippen MR) is 120 cm³/mol. The van der Waals surface area contributed by atoms with Gasteiger partial charge in [0.25, 0.3) is 5.91 Å². The second kappa shape index (κ2) is 8.81. The van der Waals surface area contributed by atoms with Gasteiger partial charge in [-0.25, -0.2) is 8.42 Å². The first-order valence-corrected chi connectivity index (χ1v) is 11.7. The molecule has 1 amide bonds. The first kappa shape index (κ1) is 20.9. The maximum Gasteiger partial charge on any atom is 0.263 e. The fourth-order valence-electron chi connectivity index (χ4n) is 3.59. The van der Waals surface area contributed by atoms with Crippen LogP contribution in [0.2, 0.25) is 0 Å². The zero-order chi connectivity index (χ0) is 21.8. The average Bonchev–Trinajstić information content (AvgIpc) is 2.77. The van der Waals surface area contributed by atoms with Gasteiger partial charge >= 0.3 is 0 Å². The van der Waals surface area contributed by atoms with Gasteiger partial charge < -0.3 is 10.1 Å². The second-order valence-corrected chi connectivity index (χ2v) is 9.45. The first-order chi connectivity index (χ1) is 14.9. The fourth-order valence-corrected chi connectivity index (χ4v) is 5.17. The Morgan fingerprint density at radius 3 is 2.48 bits per heavy atom. The van der Waals surface area contributed by atoms with Crippen LogP contribution in [0, 0.1) is 6.92 Å². The molecule has 1 aliphatic rings. The largest absolute Gasteiger partial charge is 0.476 e. The van der Waals surface area contributed by atoms with Gasteiger partial charge in [-0.05, 0) is 30.2 Å². The highest BCUT2D eigenvalue weighted by atomic mass is 32.2. The van der Waals surface area contributed by atoms with Crippen molar-refractivity contribution in [2.45, 2.75) is 25.3 Å². The zero-order valence-electron chi connectivity index (χ0n) is 17.2. The van der Waals surface area contributed by atoms with E-state index in [4.69, 9.17) is 4.74 Å². The number of carbonyl (C=O) groups excluding carboxylic acids is 1. The van der Waals surface area contributed by atoms with Crippen LogP contribution in [0.5, 0.6) is 5.75 Å². The molecule has 0 spiro atoms. The average molecular weight is 437 g/mol. The van der Waals surface area contributed by atoms with Crippen molar-refractivity contribution in [2.24, 2.45) is 0 Å². The smallest absolute Gasteiger partial charge is 0.263 e. The van der Waals surface area contributed by atoms with Crippen LogP contribution in [-0.2, 0) is 27.1 Å². The Kier molecular flexibility index (Phi) is 5.95. The van der Waals surface area contributed by atoms with E-state index in [1.54, 1.807) is 48.5 Å². The van der Waals surface area contributed by atoms with E-state index in [0.717, 1.165) is 11.1 Å². The van der Waals surface area contributed by atoms with Crippen LogP contribution in [0.3, 0.4) is 0 Å². The van der Waals surface area contributed by atoms with Gasteiger partial charge in [0.15, 0.2) is 6.10 Å². The third-order valence-electron chi connectivity index (χ3n) is 5.10. The molecule has 0 saturated heterocycles. The molecule has 31 heavy (non-hydrogen) atoms. The van der Waals surface area contributed by atoms with Crippen molar-refractivity contribution in [1.29, 1.82) is 0 Å². The van der Waals surface area contributed by atoms with E-state index in [1.165, 1.54) is 4.31 Å². The highest BCUT2D eigenvalue weighted by Gasteiger charge is 2.36. The Hall–Kier alpha value is -3.32. The van der Waals surface area contributed by atoms with Gasteiger partial charge in [0.2, 0.25) is 10.0 Å². The molecule has 0 fully saturated rings. The van der Waals surface area contributed by atoms with Crippen molar-refractivity contribution in [3.05, 3.63) is 95.6 Å². The SMILES string of the molecule is Cc1cccc(CNC(=O)[C@@H]2CN(S(=O)(=O)Cc3ccccc3)c3ccccc3O2)c1. The summed E-state index contributed by atoms with van der Waals surface area (Å²) in [6.07, 6.45) is -0.940. The molecule has 160 valence electrons. The van der Waals surface area contributed by atoms with E-state index in [0.29, 0.717) is 23.5 Å². The Bertz CT molecular complexity index is 1180. The molecule has 1 aliphatic heterocycles. The normalized spacial score (nSPS) is 15.6. The number of benzene rings is 3. The summed E-state index contributed by atoms with van der Waals surface area (Å²) in [5.41, 5.74) is 3.21. The Balaban J connectivity index is 1.54. The highest BCUT2D eigenvalue weighted by molar-refractivity contribution is 7.92. The molecule has 0 unspecified atom stereocenters. The number of hydrogen-bond acceptors (Lipinski definition) is 4. The lowest BCUT2D eigenvalue weighted by Crippen LogP contribution is -2.50. The molecule has 0 saturated carbocycles. The van der Waals surface area contributed by atoms with Gasteiger partial charge in [0, 0.05) is 6.54 Å². The number of para-hydroxylation sites is 2. The summed E-state index contributed by atoms with van der Waals surface area (Å²) in [4.78, 5) is 12.8. The number of ether oxygens (including phenoxy) is 1. The molecular weight excluding hydrogens is 412 g/mol. The standard InChI is InChI=1S/C24H24N2O4S/c1-18-8-7-11-20(14-18)15-25-24(27)23-16-26(21-12-5-6-13-22(21)30-23)31(28,29)17-19-9-3-2-4-10-19/h2-14,23H,15-17H2,1H3,(H,25,27)/t23-/m0/s1. The van der Waals surface area contributed by atoms with Gasteiger partial charge in [-0.2, -0.15) is 0 Å². The van der Waals surface area contributed by atoms with Crippen molar-refractivity contribution in [3.63, 3.8) is 0 Å². The summed E-state index contributed by atoms with van der Waals surface area (Å²) in [7, 11) is -3.72. The number of rotatable bonds is 6. The monoisotopic (exact) mass is 436 g/mol. The third kappa shape index (κ3) is 4.88. The lowest BCUT2D eigenvalue weighted by Gasteiger charge is -2.34. The maximum atomic E-state index is 13.2. The van der Waals surface area contributed by atoms with Gasteiger partial charge in [-0.3, -0.25) is 9.10 Å². The molecule has 3 aromatic rings. The lowest BCUT2D eigenvalue weighted by molar-refractivity contribution is -0.127. The van der Waals surface area contributed by atoms with Crippen LogP contribution < -0.4 is 14.4 Å². The first-order valence-electron chi connectivity index (χ1n) is 10.1. The molecule has 4 rings (SSSR count). The lowest BCUT2D eigenvalue weighted by atomic mass is 10.1.